The number of hydrogen-bond donors (Lipinski definition) is 2. The fourth-order valence-electron chi connectivity index (χ4n) is 3.24. The smallest absolute Gasteiger partial charge is 0.398 e. The third-order valence-electron chi connectivity index (χ3n) is 4.78. The Morgan fingerprint density at radius 3 is 2.53 bits per heavy atom. The standard InChI is InChI=1S/C21H18Cl2F3N3O3/c1-3-12-6-13(4-5-17(12)19(30)27-11-28-31-2)18-10-20(32-29-18,21(24,25)26)14-7-15(22)9-16(23)8-14/h4-11,29H,3H2,1-2H3,(H,27,28,30). The molecule has 0 spiro atoms. The minimum absolute atomic E-state index is 0.0437. The Morgan fingerprint density at radius 2 is 1.94 bits per heavy atom. The van der Waals surface area contributed by atoms with E-state index in [1.165, 1.54) is 25.3 Å². The van der Waals surface area contributed by atoms with Gasteiger partial charge in [-0.05, 0) is 48.4 Å². The molecule has 170 valence electrons. The molecule has 1 heterocycles. The van der Waals surface area contributed by atoms with E-state index in [0.717, 1.165) is 24.5 Å². The predicted molar refractivity (Wildman–Crippen MR) is 115 cm³/mol. The number of amides is 1. The normalized spacial score (nSPS) is 18.4. The Bertz CT molecular complexity index is 1070. The van der Waals surface area contributed by atoms with Gasteiger partial charge in [0.15, 0.2) is 0 Å². The van der Waals surface area contributed by atoms with Crippen LogP contribution in [0.25, 0.3) is 5.70 Å². The van der Waals surface area contributed by atoms with Gasteiger partial charge in [0.2, 0.25) is 5.60 Å². The molecule has 2 N–H and O–H groups in total. The highest BCUT2D eigenvalue weighted by Gasteiger charge is 2.59. The van der Waals surface area contributed by atoms with Crippen molar-refractivity contribution in [2.24, 2.45) is 5.16 Å². The Balaban J connectivity index is 2.02. The largest absolute Gasteiger partial charge is 0.428 e. The predicted octanol–water partition coefficient (Wildman–Crippen LogP) is 5.21. The van der Waals surface area contributed by atoms with Crippen LogP contribution in [0.15, 0.2) is 47.6 Å². The van der Waals surface area contributed by atoms with Crippen molar-refractivity contribution in [1.82, 2.24) is 10.8 Å². The van der Waals surface area contributed by atoms with E-state index in [1.54, 1.807) is 6.07 Å². The van der Waals surface area contributed by atoms with E-state index in [2.05, 4.69) is 20.8 Å². The molecule has 1 aliphatic heterocycles. The van der Waals surface area contributed by atoms with E-state index in [1.807, 2.05) is 6.92 Å². The lowest BCUT2D eigenvalue weighted by atomic mass is 9.91. The first-order chi connectivity index (χ1) is 15.1. The van der Waals surface area contributed by atoms with E-state index in [-0.39, 0.29) is 21.3 Å². The van der Waals surface area contributed by atoms with E-state index in [0.29, 0.717) is 23.1 Å². The molecule has 1 unspecified atom stereocenters. The molecule has 1 amide bonds. The van der Waals surface area contributed by atoms with Gasteiger partial charge in [-0.2, -0.15) is 13.2 Å². The van der Waals surface area contributed by atoms with Crippen LogP contribution < -0.4 is 10.8 Å². The maximum absolute atomic E-state index is 14.1. The van der Waals surface area contributed by atoms with Crippen LogP contribution in [0.1, 0.15) is 34.0 Å². The summed E-state index contributed by atoms with van der Waals surface area (Å²) < 4.78 is 42.4. The van der Waals surface area contributed by atoms with Crippen LogP contribution in [0.5, 0.6) is 0 Å². The summed E-state index contributed by atoms with van der Waals surface area (Å²) >= 11 is 11.8. The average molecular weight is 488 g/mol. The average Bonchev–Trinajstić information content (AvgIpc) is 3.20. The van der Waals surface area contributed by atoms with Crippen LogP contribution in [0, 0.1) is 0 Å². The zero-order valence-corrected chi connectivity index (χ0v) is 18.4. The summed E-state index contributed by atoms with van der Waals surface area (Å²) in [5.41, 5.74) is 0.755. The van der Waals surface area contributed by atoms with Crippen molar-refractivity contribution in [3.05, 3.63) is 74.8 Å². The van der Waals surface area contributed by atoms with E-state index in [4.69, 9.17) is 28.0 Å². The summed E-state index contributed by atoms with van der Waals surface area (Å²) in [5.74, 6) is -0.433. The first-order valence-corrected chi connectivity index (χ1v) is 10.1. The first kappa shape index (κ1) is 23.9. The minimum Gasteiger partial charge on any atom is -0.398 e. The van der Waals surface area contributed by atoms with E-state index >= 15 is 0 Å². The van der Waals surface area contributed by atoms with Crippen LogP contribution >= 0.6 is 23.2 Å². The van der Waals surface area contributed by atoms with Gasteiger partial charge in [0, 0.05) is 26.7 Å². The number of halogens is 5. The molecule has 32 heavy (non-hydrogen) atoms. The number of carbonyl (C=O) groups excluding carboxylic acids is 1. The number of alkyl halides is 3. The maximum atomic E-state index is 14.1. The molecule has 2 aromatic rings. The Kier molecular flexibility index (Phi) is 7.02. The highest BCUT2D eigenvalue weighted by atomic mass is 35.5. The highest BCUT2D eigenvalue weighted by molar-refractivity contribution is 6.34. The van der Waals surface area contributed by atoms with Crippen LogP contribution in [0.3, 0.4) is 0 Å². The van der Waals surface area contributed by atoms with Crippen LogP contribution in [-0.4, -0.2) is 25.5 Å². The summed E-state index contributed by atoms with van der Waals surface area (Å²) in [5, 5.41) is 5.97. The molecule has 0 saturated heterocycles. The maximum Gasteiger partial charge on any atom is 0.428 e. The second-order valence-electron chi connectivity index (χ2n) is 6.77. The van der Waals surface area contributed by atoms with Gasteiger partial charge >= 0.3 is 6.18 Å². The number of nitrogens with one attached hydrogen (secondary N) is 2. The van der Waals surface area contributed by atoms with Crippen LogP contribution in [0.2, 0.25) is 10.0 Å². The fraction of sp³-hybridized carbons (Fsp3) is 0.238. The van der Waals surface area contributed by atoms with Gasteiger partial charge in [0.25, 0.3) is 5.91 Å². The van der Waals surface area contributed by atoms with Crippen molar-refractivity contribution < 1.29 is 27.6 Å². The van der Waals surface area contributed by atoms with E-state index < -0.39 is 17.7 Å². The summed E-state index contributed by atoms with van der Waals surface area (Å²) in [6.07, 6.45) is -2.34. The zero-order chi connectivity index (χ0) is 23.5. The monoisotopic (exact) mass is 487 g/mol. The van der Waals surface area contributed by atoms with Crippen molar-refractivity contribution in [3.8, 4) is 0 Å². The molecular formula is C21H18Cl2F3N3O3. The molecule has 11 heteroatoms. The molecular weight excluding hydrogens is 470 g/mol. The summed E-state index contributed by atoms with van der Waals surface area (Å²) in [7, 11) is 1.33. The molecule has 1 aliphatic rings. The number of rotatable bonds is 6. The number of benzene rings is 2. The second-order valence-corrected chi connectivity index (χ2v) is 7.64. The van der Waals surface area contributed by atoms with Gasteiger partial charge < -0.3 is 10.2 Å². The van der Waals surface area contributed by atoms with Crippen LogP contribution in [0.4, 0.5) is 13.2 Å². The molecule has 0 bridgehead atoms. The van der Waals surface area contributed by atoms with Gasteiger partial charge in [0.05, 0.1) is 5.70 Å². The molecule has 1 atom stereocenters. The van der Waals surface area contributed by atoms with Gasteiger partial charge in [-0.3, -0.25) is 15.1 Å². The first-order valence-electron chi connectivity index (χ1n) is 9.30. The van der Waals surface area contributed by atoms with Crippen molar-refractivity contribution in [2.75, 3.05) is 7.11 Å². The quantitative estimate of drug-likeness (QED) is 0.333. The van der Waals surface area contributed by atoms with Crippen molar-refractivity contribution in [1.29, 1.82) is 0 Å². The second kappa shape index (κ2) is 9.40. The van der Waals surface area contributed by atoms with Gasteiger partial charge in [0.1, 0.15) is 13.4 Å². The number of hydroxylamine groups is 1. The van der Waals surface area contributed by atoms with Crippen molar-refractivity contribution in [3.63, 3.8) is 0 Å². The Labute approximate surface area is 191 Å². The summed E-state index contributed by atoms with van der Waals surface area (Å²) in [6.45, 7) is 1.82. The molecule has 0 radical (unpaired) electrons. The lowest BCUT2D eigenvalue weighted by Gasteiger charge is -2.28. The lowest BCUT2D eigenvalue weighted by Crippen LogP contribution is -2.42. The molecule has 0 fully saturated rings. The van der Waals surface area contributed by atoms with Crippen LogP contribution in [-0.2, 0) is 21.7 Å². The molecule has 0 aromatic heterocycles. The topological polar surface area (TPSA) is 72.0 Å². The molecule has 0 aliphatic carbocycles. The van der Waals surface area contributed by atoms with Gasteiger partial charge in [-0.1, -0.05) is 41.3 Å². The number of nitrogens with zero attached hydrogens (tertiary/aromatic N) is 1. The number of hydrogen-bond acceptors (Lipinski definition) is 5. The third-order valence-corrected chi connectivity index (χ3v) is 5.21. The number of aryl methyl sites for hydroxylation is 1. The van der Waals surface area contributed by atoms with E-state index in [9.17, 15) is 18.0 Å². The van der Waals surface area contributed by atoms with Crippen molar-refractivity contribution in [2.45, 2.75) is 25.1 Å². The molecule has 2 aromatic carbocycles. The number of oxime groups is 1. The lowest BCUT2D eigenvalue weighted by molar-refractivity contribution is -0.269. The molecule has 3 rings (SSSR count). The summed E-state index contributed by atoms with van der Waals surface area (Å²) in [4.78, 5) is 21.9. The molecule has 6 nitrogen and oxygen atoms in total. The zero-order valence-electron chi connectivity index (χ0n) is 16.9. The third kappa shape index (κ3) is 4.69. The Hall–Kier alpha value is -2.75. The molecule has 0 saturated carbocycles. The fourth-order valence-corrected chi connectivity index (χ4v) is 3.77. The van der Waals surface area contributed by atoms with Gasteiger partial charge in [-0.25, -0.2) is 0 Å². The van der Waals surface area contributed by atoms with Crippen molar-refractivity contribution >= 4 is 41.1 Å². The summed E-state index contributed by atoms with van der Waals surface area (Å²) in [6, 6.07) is 8.26. The Morgan fingerprint density at radius 1 is 1.25 bits per heavy atom. The highest BCUT2D eigenvalue weighted by Crippen LogP contribution is 2.48. The number of carbonyl (C=O) groups is 1. The van der Waals surface area contributed by atoms with Gasteiger partial charge in [-0.15, -0.1) is 0 Å². The SMILES string of the molecule is CCc1cc(C2=CC(c3cc(Cl)cc(Cl)c3)(C(F)(F)F)ON2)ccc1C(=O)NC=NOC. The minimum atomic E-state index is -4.82.